The van der Waals surface area contributed by atoms with Crippen LogP contribution in [0.2, 0.25) is 0 Å². The highest BCUT2D eigenvalue weighted by atomic mass is 32.2. The highest BCUT2D eigenvalue weighted by Crippen LogP contribution is 2.41. The Morgan fingerprint density at radius 3 is 2.05 bits per heavy atom. The van der Waals surface area contributed by atoms with Crippen LogP contribution in [-0.4, -0.2) is 156 Å². The van der Waals surface area contributed by atoms with Gasteiger partial charge in [-0.15, -0.1) is 0 Å². The van der Waals surface area contributed by atoms with Gasteiger partial charge in [0, 0.05) is 37.5 Å². The van der Waals surface area contributed by atoms with E-state index in [9.17, 15) is 38.7 Å². The van der Waals surface area contributed by atoms with Crippen LogP contribution in [0.4, 0.5) is 0 Å². The smallest absolute Gasteiger partial charge is 0.311 e. The van der Waals surface area contributed by atoms with Crippen LogP contribution in [0.5, 0.6) is 0 Å². The van der Waals surface area contributed by atoms with Gasteiger partial charge in [0.05, 0.1) is 52.5 Å². The molecular weight excluding hydrogens is 825 g/mol. The molecule has 0 saturated carbocycles. The van der Waals surface area contributed by atoms with Gasteiger partial charge in [0.2, 0.25) is 10.0 Å². The molecule has 0 radical (unpaired) electrons. The SMILES string of the molecule is CCc1ccc(S(=O)(=O)N[C@@H]2[C@H](C)[C@H](O)[C@](C)(O)[C@@H](CC)OC(=O)[C@H](C)[C@@H](O[C@H]3C[C@@](C)(OC)[C@@H](O)[C@H](C)O3)[C@@H](C)[C@@H](O[C@@H]3O[C@H](C)C[C@H](N(C)C)[C@H]3O)[C@](C)(O)C[C@H]2C)cc1. The molecule has 17 heteroatoms. The van der Waals surface area contributed by atoms with Crippen molar-refractivity contribution in [2.75, 3.05) is 21.2 Å². The van der Waals surface area contributed by atoms with Crippen molar-refractivity contribution in [3.05, 3.63) is 29.8 Å². The second-order valence-electron chi connectivity index (χ2n) is 19.4. The maximum absolute atomic E-state index is 14.4. The van der Waals surface area contributed by atoms with E-state index in [4.69, 9.17) is 28.4 Å². The molecule has 16 nitrogen and oxygen atoms in total. The summed E-state index contributed by atoms with van der Waals surface area (Å²) >= 11 is 0. The molecule has 0 spiro atoms. The van der Waals surface area contributed by atoms with Crippen LogP contribution in [0.1, 0.15) is 107 Å². The predicted molar refractivity (Wildman–Crippen MR) is 231 cm³/mol. The fourth-order valence-electron chi connectivity index (χ4n) is 9.98. The Morgan fingerprint density at radius 1 is 0.887 bits per heavy atom. The van der Waals surface area contributed by atoms with Crippen molar-refractivity contribution < 1.29 is 67.2 Å². The molecule has 0 amide bonds. The van der Waals surface area contributed by atoms with E-state index in [1.807, 2.05) is 32.8 Å². The number of benzene rings is 1. The zero-order valence-electron chi connectivity index (χ0n) is 39.3. The van der Waals surface area contributed by atoms with Crippen LogP contribution in [0.25, 0.3) is 0 Å². The Kier molecular flexibility index (Phi) is 17.7. The average Bonchev–Trinajstić information content (AvgIpc) is 3.21. The minimum Gasteiger partial charge on any atom is -0.459 e. The molecule has 3 aliphatic rings. The number of methoxy groups -OCH3 is 1. The maximum atomic E-state index is 14.4. The third-order valence-electron chi connectivity index (χ3n) is 14.0. The van der Waals surface area contributed by atoms with Gasteiger partial charge in [-0.2, -0.15) is 0 Å². The van der Waals surface area contributed by atoms with E-state index in [-0.39, 0.29) is 36.3 Å². The molecule has 4 rings (SSSR count). The van der Waals surface area contributed by atoms with Crippen LogP contribution in [-0.2, 0) is 49.7 Å². The van der Waals surface area contributed by atoms with Gasteiger partial charge in [-0.3, -0.25) is 4.79 Å². The van der Waals surface area contributed by atoms with Crippen LogP contribution in [0.15, 0.2) is 29.2 Å². The molecule has 358 valence electrons. The largest absolute Gasteiger partial charge is 0.459 e. The summed E-state index contributed by atoms with van der Waals surface area (Å²) in [7, 11) is 0.915. The van der Waals surface area contributed by atoms with E-state index in [2.05, 4.69) is 4.72 Å². The van der Waals surface area contributed by atoms with Crippen LogP contribution >= 0.6 is 0 Å². The summed E-state index contributed by atoms with van der Waals surface area (Å²) < 4.78 is 68.8. The average molecular weight is 903 g/mol. The Hall–Kier alpha value is -1.84. The summed E-state index contributed by atoms with van der Waals surface area (Å²) in [6.07, 6.45) is -9.67. The highest BCUT2D eigenvalue weighted by Gasteiger charge is 2.54. The van der Waals surface area contributed by atoms with E-state index in [0.29, 0.717) is 12.8 Å². The van der Waals surface area contributed by atoms with Gasteiger partial charge in [0.15, 0.2) is 12.6 Å². The number of carbonyl (C=O) groups is 1. The number of nitrogens with one attached hydrogen (secondary N) is 1. The fraction of sp³-hybridized carbons (Fsp3) is 0.844. The van der Waals surface area contributed by atoms with E-state index in [1.54, 1.807) is 60.6 Å². The Morgan fingerprint density at radius 2 is 1.50 bits per heavy atom. The van der Waals surface area contributed by atoms with Crippen molar-refractivity contribution in [3.63, 3.8) is 0 Å². The molecular formula is C45H78N2O14S. The maximum Gasteiger partial charge on any atom is 0.311 e. The standard InChI is InChI=1S/C45H78N2O14S/c1-15-30-17-19-31(20-18-30)62(54,55)46-35-24(3)22-43(9,52)40(61-42-36(48)32(47(12)13)21-25(4)57-42)27(6)37(60-34-23-44(10,56-14)39(50)29(8)58-34)28(7)41(51)59-33(16-2)45(11,53)38(49)26(35)5/h17-20,24-29,32-40,42,46,48-50,52-53H,15-16,21-23H2,1-14H3/t24-,25-,26+,27-,28-,29+,32+,33-,34+,35+,36-,37+,38+,39+,40-,42+,43-,44-,45-/m1/s1. The molecule has 1 aromatic rings. The van der Waals surface area contributed by atoms with Gasteiger partial charge in [0.25, 0.3) is 0 Å². The van der Waals surface area contributed by atoms with E-state index in [1.165, 1.54) is 33.1 Å². The first-order chi connectivity index (χ1) is 28.6. The van der Waals surface area contributed by atoms with Crippen molar-refractivity contribution in [2.45, 2.75) is 203 Å². The third kappa shape index (κ3) is 11.6. The number of ether oxygens (including phenoxy) is 6. The van der Waals surface area contributed by atoms with Crippen molar-refractivity contribution in [1.82, 2.24) is 9.62 Å². The fourth-order valence-corrected chi connectivity index (χ4v) is 11.4. The lowest BCUT2D eigenvalue weighted by Gasteiger charge is -2.49. The zero-order valence-corrected chi connectivity index (χ0v) is 40.2. The highest BCUT2D eigenvalue weighted by molar-refractivity contribution is 7.89. The van der Waals surface area contributed by atoms with E-state index in [0.717, 1.165) is 5.56 Å². The van der Waals surface area contributed by atoms with Crippen molar-refractivity contribution in [3.8, 4) is 0 Å². The molecule has 0 aliphatic carbocycles. The molecule has 62 heavy (non-hydrogen) atoms. The second kappa shape index (κ2) is 20.8. The normalized spacial score (nSPS) is 44.4. The number of aliphatic hydroxyl groups is 5. The van der Waals surface area contributed by atoms with Crippen LogP contribution in [0.3, 0.4) is 0 Å². The lowest BCUT2D eigenvalue weighted by Crippen LogP contribution is -2.62. The Labute approximate surface area is 370 Å². The summed E-state index contributed by atoms with van der Waals surface area (Å²) in [5, 5.41) is 59.8. The molecule has 1 aromatic carbocycles. The quantitative estimate of drug-likeness (QED) is 0.176. The first-order valence-electron chi connectivity index (χ1n) is 22.3. The molecule has 3 fully saturated rings. The van der Waals surface area contributed by atoms with Gasteiger partial charge >= 0.3 is 5.97 Å². The number of hydrogen-bond donors (Lipinski definition) is 6. The summed E-state index contributed by atoms with van der Waals surface area (Å²) in [5.74, 6) is -4.59. The first-order valence-corrected chi connectivity index (χ1v) is 23.8. The van der Waals surface area contributed by atoms with Gasteiger partial charge in [-0.25, -0.2) is 13.1 Å². The molecule has 6 N–H and O–H groups in total. The van der Waals surface area contributed by atoms with E-state index < -0.39 is 118 Å². The van der Waals surface area contributed by atoms with Crippen molar-refractivity contribution >= 4 is 16.0 Å². The Bertz CT molecular complexity index is 1710. The molecule has 0 aromatic heterocycles. The molecule has 3 saturated heterocycles. The number of sulfonamides is 1. The summed E-state index contributed by atoms with van der Waals surface area (Å²) in [4.78, 5) is 16.3. The minimum atomic E-state index is -4.24. The van der Waals surface area contributed by atoms with E-state index >= 15 is 0 Å². The minimum absolute atomic E-state index is 0.00460. The predicted octanol–water partition coefficient (Wildman–Crippen LogP) is 3.13. The molecule has 0 bridgehead atoms. The monoisotopic (exact) mass is 903 g/mol. The van der Waals surface area contributed by atoms with Gasteiger partial charge in [0.1, 0.15) is 23.9 Å². The van der Waals surface area contributed by atoms with Gasteiger partial charge < -0.3 is 58.9 Å². The Balaban J connectivity index is 1.90. The molecule has 0 unspecified atom stereocenters. The summed E-state index contributed by atoms with van der Waals surface area (Å²) in [6, 6.07) is 4.98. The number of cyclic esters (lactones) is 1. The summed E-state index contributed by atoms with van der Waals surface area (Å²) in [5.41, 5.74) is -4.11. The number of esters is 1. The number of likely N-dealkylation sites (N-methyl/N-ethyl adjacent to an activating group) is 1. The molecule has 19 atom stereocenters. The zero-order chi connectivity index (χ0) is 46.9. The number of hydrogen-bond acceptors (Lipinski definition) is 15. The number of nitrogens with zero attached hydrogens (tertiary/aromatic N) is 1. The van der Waals surface area contributed by atoms with Crippen molar-refractivity contribution in [2.24, 2.45) is 23.7 Å². The second-order valence-corrected chi connectivity index (χ2v) is 21.1. The number of rotatable bonds is 11. The van der Waals surface area contributed by atoms with Crippen LogP contribution in [0, 0.1) is 23.7 Å². The first kappa shape index (κ1) is 52.8. The van der Waals surface area contributed by atoms with Crippen molar-refractivity contribution in [1.29, 1.82) is 0 Å². The number of aryl methyl sites for hydroxylation is 1. The number of aliphatic hydroxyl groups excluding tert-OH is 3. The summed E-state index contributed by atoms with van der Waals surface area (Å²) in [6.45, 7) is 18.5. The molecule has 3 heterocycles. The van der Waals surface area contributed by atoms with Gasteiger partial charge in [-0.05, 0) is 105 Å². The van der Waals surface area contributed by atoms with Crippen LogP contribution < -0.4 is 4.72 Å². The molecule has 3 aliphatic heterocycles. The third-order valence-corrected chi connectivity index (χ3v) is 15.5. The van der Waals surface area contributed by atoms with Gasteiger partial charge in [-0.1, -0.05) is 46.8 Å². The lowest BCUT2D eigenvalue weighted by molar-refractivity contribution is -0.318. The topological polar surface area (TPSA) is 223 Å². The lowest BCUT2D eigenvalue weighted by atomic mass is 9.72. The number of carbonyl (C=O) groups excluding carboxylic acids is 1.